The molecule has 0 saturated carbocycles. The molecule has 0 radical (unpaired) electrons. The van der Waals surface area contributed by atoms with Gasteiger partial charge in [-0.05, 0) is 18.6 Å². The Kier molecular flexibility index (Phi) is 5.29. The molecule has 1 heterocycles. The standard InChI is InChI=1S/C16H22ClNO/c1-2-3-4-5-6-9-18-11-13(12-19)15-8-7-14(17)10-16(15)18/h7-8,10-11,19H,2-6,9,12H2,1H3. The summed E-state index contributed by atoms with van der Waals surface area (Å²) in [6.07, 6.45) is 8.41. The van der Waals surface area contributed by atoms with Crippen LogP contribution in [0.25, 0.3) is 10.9 Å². The van der Waals surface area contributed by atoms with Crippen molar-refractivity contribution in [3.8, 4) is 0 Å². The van der Waals surface area contributed by atoms with Gasteiger partial charge < -0.3 is 9.67 Å². The van der Waals surface area contributed by atoms with Gasteiger partial charge in [0.2, 0.25) is 0 Å². The van der Waals surface area contributed by atoms with Gasteiger partial charge in [-0.25, -0.2) is 0 Å². The molecule has 1 N–H and O–H groups in total. The highest BCUT2D eigenvalue weighted by molar-refractivity contribution is 6.31. The van der Waals surface area contributed by atoms with Crippen molar-refractivity contribution in [1.29, 1.82) is 0 Å². The van der Waals surface area contributed by atoms with Gasteiger partial charge in [0.1, 0.15) is 0 Å². The van der Waals surface area contributed by atoms with E-state index < -0.39 is 0 Å². The summed E-state index contributed by atoms with van der Waals surface area (Å²) in [5.74, 6) is 0. The first kappa shape index (κ1) is 14.4. The van der Waals surface area contributed by atoms with Crippen molar-refractivity contribution in [3.05, 3.63) is 35.0 Å². The summed E-state index contributed by atoms with van der Waals surface area (Å²) in [6, 6.07) is 5.87. The Balaban J connectivity index is 2.11. The molecule has 2 nitrogen and oxygen atoms in total. The normalized spacial score (nSPS) is 11.3. The van der Waals surface area contributed by atoms with E-state index in [2.05, 4.69) is 17.7 Å². The van der Waals surface area contributed by atoms with Crippen molar-refractivity contribution in [3.63, 3.8) is 0 Å². The van der Waals surface area contributed by atoms with Crippen LogP contribution in [-0.2, 0) is 13.2 Å². The number of aliphatic hydroxyl groups is 1. The molecular weight excluding hydrogens is 258 g/mol. The summed E-state index contributed by atoms with van der Waals surface area (Å²) in [5, 5.41) is 11.3. The van der Waals surface area contributed by atoms with E-state index in [1.165, 1.54) is 32.1 Å². The van der Waals surface area contributed by atoms with E-state index in [0.717, 1.165) is 28.0 Å². The highest BCUT2D eigenvalue weighted by Gasteiger charge is 2.08. The van der Waals surface area contributed by atoms with E-state index in [0.29, 0.717) is 0 Å². The van der Waals surface area contributed by atoms with Crippen molar-refractivity contribution >= 4 is 22.5 Å². The summed E-state index contributed by atoms with van der Waals surface area (Å²) in [4.78, 5) is 0. The van der Waals surface area contributed by atoms with Crippen molar-refractivity contribution in [2.45, 2.75) is 52.2 Å². The van der Waals surface area contributed by atoms with Crippen molar-refractivity contribution in [1.82, 2.24) is 4.57 Å². The number of unbranched alkanes of at least 4 members (excludes halogenated alkanes) is 4. The quantitative estimate of drug-likeness (QED) is 0.727. The van der Waals surface area contributed by atoms with E-state index in [1.54, 1.807) is 0 Å². The van der Waals surface area contributed by atoms with E-state index in [1.807, 2.05) is 18.2 Å². The SMILES string of the molecule is CCCCCCCn1cc(CO)c2ccc(Cl)cc21. The summed E-state index contributed by atoms with van der Waals surface area (Å²) >= 11 is 6.07. The number of hydrogen-bond donors (Lipinski definition) is 1. The Bertz CT molecular complexity index is 533. The van der Waals surface area contributed by atoms with Gasteiger partial charge in [-0.2, -0.15) is 0 Å². The first-order valence-corrected chi connectivity index (χ1v) is 7.52. The number of aliphatic hydroxyl groups excluding tert-OH is 1. The first-order valence-electron chi connectivity index (χ1n) is 7.14. The van der Waals surface area contributed by atoms with Gasteiger partial charge in [-0.1, -0.05) is 50.3 Å². The van der Waals surface area contributed by atoms with Crippen LogP contribution >= 0.6 is 11.6 Å². The third kappa shape index (κ3) is 3.52. The number of fused-ring (bicyclic) bond motifs is 1. The molecule has 0 fully saturated rings. The molecule has 0 spiro atoms. The van der Waals surface area contributed by atoms with Crippen LogP contribution in [0.5, 0.6) is 0 Å². The molecule has 19 heavy (non-hydrogen) atoms. The topological polar surface area (TPSA) is 25.2 Å². The predicted molar refractivity (Wildman–Crippen MR) is 81.6 cm³/mol. The zero-order valence-corrected chi connectivity index (χ0v) is 12.3. The van der Waals surface area contributed by atoms with E-state index in [-0.39, 0.29) is 6.61 Å². The number of aromatic nitrogens is 1. The van der Waals surface area contributed by atoms with Crippen LogP contribution in [0.2, 0.25) is 5.02 Å². The molecule has 0 amide bonds. The van der Waals surface area contributed by atoms with Gasteiger partial charge in [0.05, 0.1) is 6.61 Å². The first-order chi connectivity index (χ1) is 9.26. The largest absolute Gasteiger partial charge is 0.392 e. The lowest BCUT2D eigenvalue weighted by Gasteiger charge is -2.05. The van der Waals surface area contributed by atoms with Crippen LogP contribution in [0.3, 0.4) is 0 Å². The molecule has 1 aromatic heterocycles. The second-order valence-corrected chi connectivity index (χ2v) is 5.52. The number of hydrogen-bond acceptors (Lipinski definition) is 1. The van der Waals surface area contributed by atoms with Crippen LogP contribution < -0.4 is 0 Å². The highest BCUT2D eigenvalue weighted by atomic mass is 35.5. The van der Waals surface area contributed by atoms with E-state index in [4.69, 9.17) is 11.6 Å². The Hall–Kier alpha value is -0.990. The van der Waals surface area contributed by atoms with Crippen LogP contribution in [-0.4, -0.2) is 9.67 Å². The summed E-state index contributed by atoms with van der Waals surface area (Å²) in [6.45, 7) is 3.32. The Labute approximate surface area is 120 Å². The summed E-state index contributed by atoms with van der Waals surface area (Å²) in [5.41, 5.74) is 2.12. The molecule has 104 valence electrons. The zero-order chi connectivity index (χ0) is 13.7. The molecule has 1 aromatic carbocycles. The lowest BCUT2D eigenvalue weighted by Crippen LogP contribution is -1.96. The van der Waals surface area contributed by atoms with Crippen molar-refractivity contribution in [2.24, 2.45) is 0 Å². The van der Waals surface area contributed by atoms with Crippen molar-refractivity contribution < 1.29 is 5.11 Å². The lowest BCUT2D eigenvalue weighted by molar-refractivity contribution is 0.283. The second-order valence-electron chi connectivity index (χ2n) is 5.08. The monoisotopic (exact) mass is 279 g/mol. The predicted octanol–water partition coefficient (Wildman–Crippen LogP) is 4.76. The maximum absolute atomic E-state index is 9.41. The molecule has 2 aromatic rings. The minimum Gasteiger partial charge on any atom is -0.392 e. The van der Waals surface area contributed by atoms with E-state index in [9.17, 15) is 5.11 Å². The van der Waals surface area contributed by atoms with Gasteiger partial charge in [-0.3, -0.25) is 0 Å². The molecule has 0 aliphatic heterocycles. The molecule has 3 heteroatoms. The highest BCUT2D eigenvalue weighted by Crippen LogP contribution is 2.25. The number of nitrogens with zero attached hydrogens (tertiary/aromatic N) is 1. The average molecular weight is 280 g/mol. The van der Waals surface area contributed by atoms with Crippen LogP contribution in [0.4, 0.5) is 0 Å². The fraction of sp³-hybridized carbons (Fsp3) is 0.500. The van der Waals surface area contributed by atoms with Crippen molar-refractivity contribution in [2.75, 3.05) is 0 Å². The molecule has 0 aliphatic rings. The fourth-order valence-electron chi connectivity index (χ4n) is 2.54. The molecule has 0 aliphatic carbocycles. The van der Waals surface area contributed by atoms with Gasteiger partial charge in [0.25, 0.3) is 0 Å². The Morgan fingerprint density at radius 3 is 2.68 bits per heavy atom. The van der Waals surface area contributed by atoms with E-state index >= 15 is 0 Å². The lowest BCUT2D eigenvalue weighted by atomic mass is 10.1. The Morgan fingerprint density at radius 2 is 1.95 bits per heavy atom. The minimum atomic E-state index is 0.0843. The minimum absolute atomic E-state index is 0.0843. The molecule has 0 atom stereocenters. The molecule has 0 saturated heterocycles. The summed E-state index contributed by atoms with van der Waals surface area (Å²) < 4.78 is 2.22. The Morgan fingerprint density at radius 1 is 1.16 bits per heavy atom. The fourth-order valence-corrected chi connectivity index (χ4v) is 2.70. The second kappa shape index (κ2) is 6.97. The van der Waals surface area contributed by atoms with Gasteiger partial charge >= 0.3 is 0 Å². The van der Waals surface area contributed by atoms with Crippen LogP contribution in [0, 0.1) is 0 Å². The third-order valence-electron chi connectivity index (χ3n) is 3.60. The smallest absolute Gasteiger partial charge is 0.0702 e. The number of aryl methyl sites for hydroxylation is 1. The van der Waals surface area contributed by atoms with Crippen LogP contribution in [0.15, 0.2) is 24.4 Å². The number of halogens is 1. The summed E-state index contributed by atoms with van der Waals surface area (Å²) in [7, 11) is 0. The zero-order valence-electron chi connectivity index (χ0n) is 11.5. The number of rotatable bonds is 7. The average Bonchev–Trinajstić information content (AvgIpc) is 2.76. The molecule has 0 unspecified atom stereocenters. The maximum Gasteiger partial charge on any atom is 0.0702 e. The van der Waals surface area contributed by atoms with Gasteiger partial charge in [-0.15, -0.1) is 0 Å². The van der Waals surface area contributed by atoms with Crippen LogP contribution in [0.1, 0.15) is 44.6 Å². The molecule has 2 rings (SSSR count). The number of benzene rings is 1. The third-order valence-corrected chi connectivity index (χ3v) is 3.83. The maximum atomic E-state index is 9.41. The van der Waals surface area contributed by atoms with Gasteiger partial charge in [0.15, 0.2) is 0 Å². The van der Waals surface area contributed by atoms with Gasteiger partial charge in [0, 0.05) is 34.2 Å². The molecule has 0 bridgehead atoms. The molecular formula is C16H22ClNO.